The number of nitrogens with zero attached hydrogens (tertiary/aromatic N) is 1. The van der Waals surface area contributed by atoms with E-state index in [1.54, 1.807) is 31.2 Å². The van der Waals surface area contributed by atoms with Crippen LogP contribution in [0.4, 0.5) is 10.5 Å². The zero-order valence-corrected chi connectivity index (χ0v) is 19.3. The van der Waals surface area contributed by atoms with E-state index in [0.29, 0.717) is 26.3 Å². The van der Waals surface area contributed by atoms with Crippen LogP contribution in [-0.2, 0) is 9.59 Å². The Kier molecular flexibility index (Phi) is 6.65. The number of carbonyl (C=O) groups is 3. The van der Waals surface area contributed by atoms with Gasteiger partial charge in [0.05, 0.1) is 16.4 Å². The smallest absolute Gasteiger partial charge is 0.335 e. The Morgan fingerprint density at radius 2 is 1.94 bits per heavy atom. The Labute approximate surface area is 193 Å². The van der Waals surface area contributed by atoms with Gasteiger partial charge in [-0.15, -0.1) is 6.42 Å². The van der Waals surface area contributed by atoms with E-state index in [-0.39, 0.29) is 12.2 Å². The molecule has 0 atom stereocenters. The number of urea groups is 1. The van der Waals surface area contributed by atoms with Crippen molar-refractivity contribution in [2.45, 2.75) is 13.8 Å². The standard InChI is InChI=1S/C23H19IN2O5/c1-5-8-31-20-17(24)11-15(12-19(20)30-4)10-16-21(27)25-23(29)26(22(16)28)18-7-6-13(2)9-14(18)3/h1,6-7,9-12H,8H2,2-4H3,(H,25,27,29)/b16-10+. The second-order valence-electron chi connectivity index (χ2n) is 6.77. The molecule has 7 nitrogen and oxygen atoms in total. The number of imide groups is 2. The molecule has 1 N–H and O–H groups in total. The number of benzene rings is 2. The topological polar surface area (TPSA) is 84.9 Å². The van der Waals surface area contributed by atoms with E-state index >= 15 is 0 Å². The molecule has 1 saturated heterocycles. The quantitative estimate of drug-likeness (QED) is 0.277. The van der Waals surface area contributed by atoms with Crippen molar-refractivity contribution in [3.8, 4) is 23.8 Å². The minimum absolute atomic E-state index is 0.0701. The fourth-order valence-corrected chi connectivity index (χ4v) is 3.96. The normalized spacial score (nSPS) is 15.0. The first-order valence-corrected chi connectivity index (χ1v) is 10.3. The summed E-state index contributed by atoms with van der Waals surface area (Å²) in [7, 11) is 1.48. The second kappa shape index (κ2) is 9.22. The zero-order chi connectivity index (χ0) is 22.7. The second-order valence-corrected chi connectivity index (χ2v) is 7.94. The molecule has 2 aromatic carbocycles. The molecule has 0 aliphatic carbocycles. The van der Waals surface area contributed by atoms with Gasteiger partial charge in [-0.05, 0) is 71.8 Å². The number of anilines is 1. The number of rotatable bonds is 5. The van der Waals surface area contributed by atoms with Gasteiger partial charge in [0.1, 0.15) is 12.2 Å². The van der Waals surface area contributed by atoms with Crippen molar-refractivity contribution in [1.82, 2.24) is 5.32 Å². The molecule has 1 aliphatic rings. The lowest BCUT2D eigenvalue weighted by atomic mass is 10.0. The van der Waals surface area contributed by atoms with Crippen LogP contribution in [0.3, 0.4) is 0 Å². The van der Waals surface area contributed by atoms with Gasteiger partial charge in [0.25, 0.3) is 11.8 Å². The summed E-state index contributed by atoms with van der Waals surface area (Å²) in [6.07, 6.45) is 6.66. The van der Waals surface area contributed by atoms with Crippen LogP contribution in [0.5, 0.6) is 11.5 Å². The zero-order valence-electron chi connectivity index (χ0n) is 17.1. The maximum atomic E-state index is 13.1. The number of nitrogens with one attached hydrogen (secondary N) is 1. The Bertz CT molecular complexity index is 1160. The largest absolute Gasteiger partial charge is 0.493 e. The molecule has 1 aliphatic heterocycles. The van der Waals surface area contributed by atoms with Crippen LogP contribution >= 0.6 is 22.6 Å². The summed E-state index contributed by atoms with van der Waals surface area (Å²) in [5, 5.41) is 2.23. The Hall–Kier alpha value is -3.32. The van der Waals surface area contributed by atoms with Crippen LogP contribution in [-0.4, -0.2) is 31.6 Å². The number of amides is 4. The molecule has 0 unspecified atom stereocenters. The first-order chi connectivity index (χ1) is 14.8. The number of terminal acetylenes is 1. The number of carbonyl (C=O) groups excluding carboxylic acids is 3. The number of aryl methyl sites for hydroxylation is 2. The Balaban J connectivity index is 2.04. The maximum absolute atomic E-state index is 13.1. The van der Waals surface area contributed by atoms with E-state index in [1.165, 1.54) is 13.2 Å². The molecule has 0 radical (unpaired) electrons. The molecule has 0 bridgehead atoms. The average Bonchev–Trinajstić information content (AvgIpc) is 2.71. The molecule has 1 heterocycles. The fourth-order valence-electron chi connectivity index (χ4n) is 3.18. The first-order valence-electron chi connectivity index (χ1n) is 9.19. The molecule has 0 aromatic heterocycles. The van der Waals surface area contributed by atoms with Crippen molar-refractivity contribution < 1.29 is 23.9 Å². The van der Waals surface area contributed by atoms with Gasteiger partial charge in [-0.25, -0.2) is 9.69 Å². The fraction of sp³-hybridized carbons (Fsp3) is 0.174. The Morgan fingerprint density at radius 3 is 2.58 bits per heavy atom. The molecule has 4 amide bonds. The van der Waals surface area contributed by atoms with E-state index in [2.05, 4.69) is 33.8 Å². The summed E-state index contributed by atoms with van der Waals surface area (Å²) >= 11 is 2.05. The van der Waals surface area contributed by atoms with Gasteiger partial charge in [-0.2, -0.15) is 0 Å². The molecule has 158 valence electrons. The summed E-state index contributed by atoms with van der Waals surface area (Å²) in [5.41, 5.74) is 2.50. The molecule has 1 fully saturated rings. The SMILES string of the molecule is C#CCOc1c(I)cc(/C=C2\C(=O)NC(=O)N(c3ccc(C)cc3C)C2=O)cc1OC. The van der Waals surface area contributed by atoms with Crippen LogP contribution in [0.2, 0.25) is 0 Å². The molecule has 3 rings (SSSR count). The van der Waals surface area contributed by atoms with Crippen LogP contribution in [0.15, 0.2) is 35.9 Å². The van der Waals surface area contributed by atoms with Crippen molar-refractivity contribution in [2.24, 2.45) is 0 Å². The summed E-state index contributed by atoms with van der Waals surface area (Å²) in [5.74, 6) is 1.79. The van der Waals surface area contributed by atoms with Crippen molar-refractivity contribution in [2.75, 3.05) is 18.6 Å². The monoisotopic (exact) mass is 530 g/mol. The lowest BCUT2D eigenvalue weighted by Crippen LogP contribution is -2.54. The highest BCUT2D eigenvalue weighted by Crippen LogP contribution is 2.35. The minimum Gasteiger partial charge on any atom is -0.493 e. The van der Waals surface area contributed by atoms with Crippen molar-refractivity contribution in [3.63, 3.8) is 0 Å². The molecule has 31 heavy (non-hydrogen) atoms. The van der Waals surface area contributed by atoms with E-state index in [1.807, 2.05) is 13.0 Å². The molecular weight excluding hydrogens is 511 g/mol. The highest BCUT2D eigenvalue weighted by atomic mass is 127. The number of barbiturate groups is 1. The number of halogens is 1. The van der Waals surface area contributed by atoms with Gasteiger partial charge in [0.2, 0.25) is 0 Å². The predicted octanol–water partition coefficient (Wildman–Crippen LogP) is 3.60. The van der Waals surface area contributed by atoms with Crippen molar-refractivity contribution in [1.29, 1.82) is 0 Å². The first kappa shape index (κ1) is 22.4. The van der Waals surface area contributed by atoms with Crippen LogP contribution in [0.25, 0.3) is 6.08 Å². The highest BCUT2D eigenvalue weighted by Gasteiger charge is 2.37. The summed E-state index contributed by atoms with van der Waals surface area (Å²) < 4.78 is 11.6. The van der Waals surface area contributed by atoms with Gasteiger partial charge in [-0.1, -0.05) is 23.6 Å². The third-order valence-electron chi connectivity index (χ3n) is 4.56. The predicted molar refractivity (Wildman–Crippen MR) is 125 cm³/mol. The number of hydrogen-bond acceptors (Lipinski definition) is 5. The molecule has 8 heteroatoms. The third-order valence-corrected chi connectivity index (χ3v) is 5.36. The van der Waals surface area contributed by atoms with E-state index in [9.17, 15) is 14.4 Å². The number of methoxy groups -OCH3 is 1. The number of hydrogen-bond donors (Lipinski definition) is 1. The van der Waals surface area contributed by atoms with Gasteiger partial charge < -0.3 is 9.47 Å². The molecule has 0 saturated carbocycles. The van der Waals surface area contributed by atoms with E-state index in [0.717, 1.165) is 16.0 Å². The van der Waals surface area contributed by atoms with Gasteiger partial charge in [-0.3, -0.25) is 14.9 Å². The lowest BCUT2D eigenvalue weighted by Gasteiger charge is -2.27. The van der Waals surface area contributed by atoms with Crippen LogP contribution < -0.4 is 19.7 Å². The van der Waals surface area contributed by atoms with Gasteiger partial charge >= 0.3 is 6.03 Å². The van der Waals surface area contributed by atoms with Gasteiger partial charge in [0, 0.05) is 0 Å². The Morgan fingerprint density at radius 1 is 1.19 bits per heavy atom. The van der Waals surface area contributed by atoms with E-state index < -0.39 is 17.8 Å². The number of ether oxygens (including phenoxy) is 2. The summed E-state index contributed by atoms with van der Waals surface area (Å²) in [6.45, 7) is 3.78. The van der Waals surface area contributed by atoms with E-state index in [4.69, 9.17) is 15.9 Å². The maximum Gasteiger partial charge on any atom is 0.335 e. The third kappa shape index (κ3) is 4.56. The van der Waals surface area contributed by atoms with Crippen molar-refractivity contribution in [3.05, 3.63) is 56.2 Å². The highest BCUT2D eigenvalue weighted by molar-refractivity contribution is 14.1. The van der Waals surface area contributed by atoms with Crippen molar-refractivity contribution >= 4 is 52.2 Å². The van der Waals surface area contributed by atoms with Crippen LogP contribution in [0, 0.1) is 29.8 Å². The lowest BCUT2D eigenvalue weighted by molar-refractivity contribution is -0.122. The minimum atomic E-state index is -0.788. The average molecular weight is 530 g/mol. The van der Waals surface area contributed by atoms with Gasteiger partial charge in [0.15, 0.2) is 11.5 Å². The molecule has 2 aromatic rings. The summed E-state index contributed by atoms with van der Waals surface area (Å²) in [4.78, 5) is 39.0. The molecular formula is C23H19IN2O5. The van der Waals surface area contributed by atoms with Crippen LogP contribution in [0.1, 0.15) is 16.7 Å². The molecule has 0 spiro atoms. The summed E-state index contributed by atoms with van der Waals surface area (Å²) in [6, 6.07) is 7.89.